The maximum atomic E-state index is 4.06. The van der Waals surface area contributed by atoms with E-state index in [9.17, 15) is 0 Å². The number of hydrogen-bond acceptors (Lipinski definition) is 3. The molecule has 21 heavy (non-hydrogen) atoms. The Hall–Kier alpha value is -1.73. The molecule has 104 valence electrons. The van der Waals surface area contributed by atoms with Gasteiger partial charge in [-0.15, -0.1) is 5.10 Å². The van der Waals surface area contributed by atoms with E-state index in [0.29, 0.717) is 5.82 Å². The van der Waals surface area contributed by atoms with Gasteiger partial charge in [0, 0.05) is 30.8 Å². The Morgan fingerprint density at radius 2 is 1.95 bits per heavy atom. The molecular formula is C14H9Br2N5. The molecule has 2 N–H and O–H groups in total. The molecule has 2 heterocycles. The average Bonchev–Trinajstić information content (AvgIpc) is 3.08. The first-order chi connectivity index (χ1) is 10.1. The van der Waals surface area contributed by atoms with E-state index in [2.05, 4.69) is 75.7 Å². The second-order valence-electron chi connectivity index (χ2n) is 4.85. The van der Waals surface area contributed by atoms with Crippen LogP contribution in [0.5, 0.6) is 0 Å². The van der Waals surface area contributed by atoms with E-state index in [1.807, 2.05) is 13.0 Å². The maximum absolute atomic E-state index is 4.06. The van der Waals surface area contributed by atoms with Gasteiger partial charge in [-0.1, -0.05) is 31.9 Å². The number of aromatic amines is 2. The molecule has 0 aliphatic heterocycles. The van der Waals surface area contributed by atoms with Crippen LogP contribution in [0, 0.1) is 6.92 Å². The number of H-pyrrole nitrogens is 2. The van der Waals surface area contributed by atoms with Gasteiger partial charge in [0.15, 0.2) is 5.82 Å². The quantitative estimate of drug-likeness (QED) is 0.494. The zero-order valence-electron chi connectivity index (χ0n) is 10.9. The fourth-order valence-electron chi connectivity index (χ4n) is 2.64. The standard InChI is InChI=1S/C14H9Br2N5/c1-6-10(16)5-9-8-4-7(15)2-3-11(8)17-13(9)12(6)14-18-20-21-19-14/h2-5,17H,1H3,(H,18,19,20,21). The number of rotatable bonds is 1. The van der Waals surface area contributed by atoms with Crippen LogP contribution in [0.25, 0.3) is 33.2 Å². The third-order valence-corrected chi connectivity index (χ3v) is 4.95. The van der Waals surface area contributed by atoms with Crippen molar-refractivity contribution < 1.29 is 0 Å². The summed E-state index contributed by atoms with van der Waals surface area (Å²) in [6.07, 6.45) is 0. The van der Waals surface area contributed by atoms with Crippen LogP contribution in [0.2, 0.25) is 0 Å². The van der Waals surface area contributed by atoms with Gasteiger partial charge in [-0.2, -0.15) is 0 Å². The van der Waals surface area contributed by atoms with Crippen molar-refractivity contribution in [2.75, 3.05) is 0 Å². The summed E-state index contributed by atoms with van der Waals surface area (Å²) >= 11 is 7.16. The van der Waals surface area contributed by atoms with Gasteiger partial charge >= 0.3 is 0 Å². The molecule has 0 unspecified atom stereocenters. The Balaban J connectivity index is 2.22. The zero-order chi connectivity index (χ0) is 14.6. The van der Waals surface area contributed by atoms with Crippen LogP contribution in [-0.2, 0) is 0 Å². The van der Waals surface area contributed by atoms with Crippen molar-refractivity contribution in [2.24, 2.45) is 0 Å². The maximum Gasteiger partial charge on any atom is 0.181 e. The van der Waals surface area contributed by atoms with Gasteiger partial charge in [0.2, 0.25) is 0 Å². The zero-order valence-corrected chi connectivity index (χ0v) is 14.1. The predicted octanol–water partition coefficient (Wildman–Crippen LogP) is 4.33. The van der Waals surface area contributed by atoms with Gasteiger partial charge in [0.05, 0.1) is 5.52 Å². The number of aromatic nitrogens is 5. The minimum absolute atomic E-state index is 0.657. The van der Waals surface area contributed by atoms with Crippen molar-refractivity contribution in [3.05, 3.63) is 38.8 Å². The number of benzene rings is 2. The fraction of sp³-hybridized carbons (Fsp3) is 0.0714. The van der Waals surface area contributed by atoms with Crippen LogP contribution in [0.3, 0.4) is 0 Å². The molecule has 0 saturated carbocycles. The highest BCUT2D eigenvalue weighted by molar-refractivity contribution is 9.10. The molecule has 4 rings (SSSR count). The molecule has 5 nitrogen and oxygen atoms in total. The van der Waals surface area contributed by atoms with Gasteiger partial charge in [-0.3, -0.25) is 0 Å². The molecule has 0 spiro atoms. The summed E-state index contributed by atoms with van der Waals surface area (Å²) < 4.78 is 2.08. The molecule has 0 radical (unpaired) electrons. The first kappa shape index (κ1) is 13.0. The summed E-state index contributed by atoms with van der Waals surface area (Å²) in [6.45, 7) is 2.04. The van der Waals surface area contributed by atoms with Crippen molar-refractivity contribution in [2.45, 2.75) is 6.92 Å². The Morgan fingerprint density at radius 3 is 2.71 bits per heavy atom. The van der Waals surface area contributed by atoms with Gasteiger partial charge in [0.25, 0.3) is 0 Å². The average molecular weight is 407 g/mol. The van der Waals surface area contributed by atoms with Crippen molar-refractivity contribution in [1.82, 2.24) is 25.6 Å². The molecule has 0 saturated heterocycles. The molecule has 2 aromatic heterocycles. The van der Waals surface area contributed by atoms with Crippen molar-refractivity contribution in [3.63, 3.8) is 0 Å². The highest BCUT2D eigenvalue weighted by Gasteiger charge is 2.17. The number of nitrogens with one attached hydrogen (secondary N) is 2. The third kappa shape index (κ3) is 1.91. The first-order valence-corrected chi connectivity index (χ1v) is 7.88. The van der Waals surface area contributed by atoms with E-state index >= 15 is 0 Å². The Bertz CT molecular complexity index is 972. The largest absolute Gasteiger partial charge is 0.354 e. The number of hydrogen-bond donors (Lipinski definition) is 2. The monoisotopic (exact) mass is 405 g/mol. The number of tetrazole rings is 1. The minimum Gasteiger partial charge on any atom is -0.354 e. The Labute approximate surface area is 136 Å². The van der Waals surface area contributed by atoms with Crippen molar-refractivity contribution >= 4 is 53.7 Å². The minimum atomic E-state index is 0.657. The van der Waals surface area contributed by atoms with Crippen LogP contribution >= 0.6 is 31.9 Å². The van der Waals surface area contributed by atoms with Crippen LogP contribution in [0.15, 0.2) is 33.2 Å². The van der Waals surface area contributed by atoms with Crippen molar-refractivity contribution in [1.29, 1.82) is 0 Å². The van der Waals surface area contributed by atoms with E-state index in [4.69, 9.17) is 0 Å². The van der Waals surface area contributed by atoms with E-state index in [1.165, 1.54) is 0 Å². The SMILES string of the molecule is Cc1c(Br)cc2c([nH]c3ccc(Br)cc32)c1-c1nnn[nH]1. The van der Waals surface area contributed by atoms with Crippen LogP contribution in [0.4, 0.5) is 0 Å². The van der Waals surface area contributed by atoms with Crippen LogP contribution in [-0.4, -0.2) is 25.6 Å². The third-order valence-electron chi connectivity index (χ3n) is 3.64. The summed E-state index contributed by atoms with van der Waals surface area (Å²) in [7, 11) is 0. The molecule has 0 fully saturated rings. The molecule has 2 aromatic carbocycles. The van der Waals surface area contributed by atoms with Gasteiger partial charge in [-0.05, 0) is 47.2 Å². The van der Waals surface area contributed by atoms with E-state index < -0.39 is 0 Å². The van der Waals surface area contributed by atoms with E-state index in [-0.39, 0.29) is 0 Å². The summed E-state index contributed by atoms with van der Waals surface area (Å²) in [5.74, 6) is 0.657. The molecule has 7 heteroatoms. The van der Waals surface area contributed by atoms with Crippen LogP contribution in [0.1, 0.15) is 5.56 Å². The topological polar surface area (TPSA) is 70.2 Å². The molecule has 0 atom stereocenters. The molecule has 0 aliphatic carbocycles. The summed E-state index contributed by atoms with van der Waals surface area (Å²) in [4.78, 5) is 3.47. The lowest BCUT2D eigenvalue weighted by molar-refractivity contribution is 0.881. The lowest BCUT2D eigenvalue weighted by atomic mass is 10.0. The predicted molar refractivity (Wildman–Crippen MR) is 89.1 cm³/mol. The second kappa shape index (κ2) is 4.64. The highest BCUT2D eigenvalue weighted by atomic mass is 79.9. The summed E-state index contributed by atoms with van der Waals surface area (Å²) in [5, 5.41) is 16.6. The van der Waals surface area contributed by atoms with E-state index in [0.717, 1.165) is 41.9 Å². The lowest BCUT2D eigenvalue weighted by Gasteiger charge is -2.06. The number of fused-ring (bicyclic) bond motifs is 3. The smallest absolute Gasteiger partial charge is 0.181 e. The molecule has 0 aliphatic rings. The normalized spacial score (nSPS) is 11.6. The van der Waals surface area contributed by atoms with Gasteiger partial charge in [-0.25, -0.2) is 5.10 Å². The van der Waals surface area contributed by atoms with Gasteiger partial charge < -0.3 is 4.98 Å². The highest BCUT2D eigenvalue weighted by Crippen LogP contribution is 2.38. The number of halogens is 2. The second-order valence-corrected chi connectivity index (χ2v) is 6.62. The van der Waals surface area contributed by atoms with Crippen molar-refractivity contribution in [3.8, 4) is 11.4 Å². The lowest BCUT2D eigenvalue weighted by Crippen LogP contribution is -1.90. The molecule has 4 aromatic rings. The van der Waals surface area contributed by atoms with E-state index in [1.54, 1.807) is 0 Å². The molecule has 0 amide bonds. The summed E-state index contributed by atoms with van der Waals surface area (Å²) in [6, 6.07) is 8.32. The molecular weight excluding hydrogens is 398 g/mol. The fourth-order valence-corrected chi connectivity index (χ4v) is 3.42. The first-order valence-electron chi connectivity index (χ1n) is 6.29. The van der Waals surface area contributed by atoms with Crippen LogP contribution < -0.4 is 0 Å². The number of nitrogens with zero attached hydrogens (tertiary/aromatic N) is 3. The Morgan fingerprint density at radius 1 is 1.10 bits per heavy atom. The van der Waals surface area contributed by atoms with Gasteiger partial charge in [0.1, 0.15) is 0 Å². The summed E-state index contributed by atoms with van der Waals surface area (Å²) in [5.41, 5.74) is 4.19. The molecule has 0 bridgehead atoms. The Kier molecular flexibility index (Phi) is 2.87.